The van der Waals surface area contributed by atoms with Gasteiger partial charge in [0.15, 0.2) is 0 Å². The van der Waals surface area contributed by atoms with Crippen LogP contribution >= 0.6 is 11.8 Å². The first-order chi connectivity index (χ1) is 6.26. The van der Waals surface area contributed by atoms with Crippen LogP contribution in [0.1, 0.15) is 26.2 Å². The van der Waals surface area contributed by atoms with Crippen molar-refractivity contribution >= 4 is 17.7 Å². The van der Waals surface area contributed by atoms with E-state index in [2.05, 4.69) is 10.8 Å². The normalized spacial score (nSPS) is 11.8. The minimum Gasteiger partial charge on any atom is -0.468 e. The third-order valence-corrected chi connectivity index (χ3v) is 3.04. The third-order valence-electron chi connectivity index (χ3n) is 1.59. The van der Waals surface area contributed by atoms with Gasteiger partial charge in [0.2, 0.25) is 0 Å². The van der Waals surface area contributed by atoms with Crippen LogP contribution in [0.4, 0.5) is 0 Å². The van der Waals surface area contributed by atoms with Crippen molar-refractivity contribution in [1.82, 2.24) is 0 Å². The lowest BCUT2D eigenvalue weighted by Crippen LogP contribution is -2.18. The van der Waals surface area contributed by atoms with Crippen LogP contribution < -0.4 is 0 Å². The zero-order valence-electron chi connectivity index (χ0n) is 8.08. The van der Waals surface area contributed by atoms with Crippen molar-refractivity contribution in [3.63, 3.8) is 0 Å². The monoisotopic (exact) mass is 201 g/mol. The first kappa shape index (κ1) is 12.3. The maximum absolute atomic E-state index is 11.1. The third kappa shape index (κ3) is 5.53. The fraction of sp³-hybridized carbons (Fsp3) is 0.778. The molecule has 0 N–H and O–H groups in total. The molecule has 0 saturated heterocycles. The molecule has 0 amide bonds. The molecule has 0 bridgehead atoms. The fourth-order valence-corrected chi connectivity index (χ4v) is 1.92. The highest BCUT2D eigenvalue weighted by molar-refractivity contribution is 8.00. The average molecular weight is 201 g/mol. The van der Waals surface area contributed by atoms with Crippen LogP contribution in [0.3, 0.4) is 0 Å². The molecule has 1 atom stereocenters. The van der Waals surface area contributed by atoms with E-state index in [0.717, 1.165) is 18.6 Å². The second-order valence-corrected chi connectivity index (χ2v) is 3.86. The quantitative estimate of drug-likeness (QED) is 0.487. The molecule has 0 heterocycles. The van der Waals surface area contributed by atoms with Crippen LogP contribution in [0, 0.1) is 11.3 Å². The van der Waals surface area contributed by atoms with Gasteiger partial charge >= 0.3 is 5.97 Å². The van der Waals surface area contributed by atoms with Gasteiger partial charge in [-0.1, -0.05) is 6.92 Å². The van der Waals surface area contributed by atoms with E-state index < -0.39 is 0 Å². The predicted octanol–water partition coefficient (Wildman–Crippen LogP) is 1.97. The Kier molecular flexibility index (Phi) is 7.51. The molecule has 0 saturated carbocycles. The Hall–Kier alpha value is -0.690. The van der Waals surface area contributed by atoms with Crippen molar-refractivity contribution in [3.8, 4) is 6.07 Å². The number of nitriles is 1. The van der Waals surface area contributed by atoms with E-state index in [9.17, 15) is 4.79 Å². The number of carbonyl (C=O) groups excluding carboxylic acids is 1. The number of thioether (sulfide) groups is 1. The minimum absolute atomic E-state index is 0.0660. The number of methoxy groups -OCH3 is 1. The summed E-state index contributed by atoms with van der Waals surface area (Å²) in [5, 5.41) is 8.23. The zero-order valence-corrected chi connectivity index (χ0v) is 8.89. The van der Waals surface area contributed by atoms with Gasteiger partial charge in [0, 0.05) is 6.42 Å². The minimum atomic E-state index is -0.163. The molecule has 0 aromatic heterocycles. The smallest absolute Gasteiger partial charge is 0.318 e. The number of ether oxygens (including phenoxy) is 1. The van der Waals surface area contributed by atoms with E-state index in [1.165, 1.54) is 7.11 Å². The maximum Gasteiger partial charge on any atom is 0.318 e. The number of esters is 1. The maximum atomic E-state index is 11.1. The first-order valence-electron chi connectivity index (χ1n) is 4.32. The molecule has 0 rings (SSSR count). The predicted molar refractivity (Wildman–Crippen MR) is 53.4 cm³/mol. The summed E-state index contributed by atoms with van der Waals surface area (Å²) in [4.78, 5) is 11.1. The molecule has 4 heteroatoms. The number of hydrogen-bond acceptors (Lipinski definition) is 4. The van der Waals surface area contributed by atoms with Gasteiger partial charge in [-0.15, -0.1) is 11.8 Å². The van der Waals surface area contributed by atoms with E-state index in [1.807, 2.05) is 6.92 Å². The molecule has 0 spiro atoms. The largest absolute Gasteiger partial charge is 0.468 e. The van der Waals surface area contributed by atoms with Gasteiger partial charge in [-0.3, -0.25) is 4.79 Å². The van der Waals surface area contributed by atoms with Gasteiger partial charge in [0.1, 0.15) is 5.25 Å². The van der Waals surface area contributed by atoms with Gasteiger partial charge in [-0.05, 0) is 18.6 Å². The summed E-state index contributed by atoms with van der Waals surface area (Å²) in [5.74, 6) is 0.686. The highest BCUT2D eigenvalue weighted by Gasteiger charge is 2.16. The summed E-state index contributed by atoms with van der Waals surface area (Å²) < 4.78 is 4.64. The SMILES string of the molecule is CCC(SCCCC#N)C(=O)OC. The summed E-state index contributed by atoms with van der Waals surface area (Å²) in [6.45, 7) is 1.96. The van der Waals surface area contributed by atoms with Crippen LogP contribution in [0.2, 0.25) is 0 Å². The van der Waals surface area contributed by atoms with E-state index in [-0.39, 0.29) is 11.2 Å². The summed E-state index contributed by atoms with van der Waals surface area (Å²) in [5.41, 5.74) is 0. The van der Waals surface area contributed by atoms with Gasteiger partial charge in [0.25, 0.3) is 0 Å². The molecule has 0 aromatic carbocycles. The number of rotatable bonds is 6. The molecule has 0 aliphatic rings. The Balaban J connectivity index is 3.61. The number of carbonyl (C=O) groups is 1. The van der Waals surface area contributed by atoms with Crippen molar-refractivity contribution in [1.29, 1.82) is 5.26 Å². The topological polar surface area (TPSA) is 50.1 Å². The lowest BCUT2D eigenvalue weighted by molar-refractivity contribution is -0.140. The van der Waals surface area contributed by atoms with Crippen LogP contribution in [-0.4, -0.2) is 24.1 Å². The second kappa shape index (κ2) is 7.93. The molecule has 0 aromatic rings. The molecule has 74 valence electrons. The van der Waals surface area contributed by atoms with Gasteiger partial charge in [0.05, 0.1) is 13.2 Å². The lowest BCUT2D eigenvalue weighted by atomic mass is 10.3. The Morgan fingerprint density at radius 1 is 1.69 bits per heavy atom. The van der Waals surface area contributed by atoms with Crippen LogP contribution in [-0.2, 0) is 9.53 Å². The van der Waals surface area contributed by atoms with Gasteiger partial charge < -0.3 is 4.74 Å². The molecule has 0 aliphatic carbocycles. The van der Waals surface area contributed by atoms with Gasteiger partial charge in [-0.25, -0.2) is 0 Å². The van der Waals surface area contributed by atoms with E-state index in [4.69, 9.17) is 5.26 Å². The Labute approximate surface area is 83.4 Å². The average Bonchev–Trinajstić information content (AvgIpc) is 2.17. The Morgan fingerprint density at radius 2 is 2.38 bits per heavy atom. The first-order valence-corrected chi connectivity index (χ1v) is 5.37. The van der Waals surface area contributed by atoms with E-state index in [1.54, 1.807) is 11.8 Å². The number of unbranched alkanes of at least 4 members (excludes halogenated alkanes) is 1. The summed E-state index contributed by atoms with van der Waals surface area (Å²) >= 11 is 1.57. The molecule has 3 nitrogen and oxygen atoms in total. The summed E-state index contributed by atoms with van der Waals surface area (Å²) in [6.07, 6.45) is 2.18. The molecule has 1 unspecified atom stereocenters. The second-order valence-electron chi connectivity index (χ2n) is 2.55. The van der Waals surface area contributed by atoms with Crippen molar-refractivity contribution in [2.75, 3.05) is 12.9 Å². The highest BCUT2D eigenvalue weighted by Crippen LogP contribution is 2.17. The molecular weight excluding hydrogens is 186 g/mol. The Bertz CT molecular complexity index is 189. The molecule has 0 aliphatic heterocycles. The van der Waals surface area contributed by atoms with Crippen LogP contribution in [0.5, 0.6) is 0 Å². The van der Waals surface area contributed by atoms with Crippen LogP contribution in [0.25, 0.3) is 0 Å². The summed E-state index contributed by atoms with van der Waals surface area (Å²) in [7, 11) is 1.40. The number of nitrogens with zero attached hydrogens (tertiary/aromatic N) is 1. The van der Waals surface area contributed by atoms with Crippen molar-refractivity contribution in [2.45, 2.75) is 31.4 Å². The lowest BCUT2D eigenvalue weighted by Gasteiger charge is -2.10. The fourth-order valence-electron chi connectivity index (χ4n) is 0.861. The Morgan fingerprint density at radius 3 is 2.85 bits per heavy atom. The number of hydrogen-bond donors (Lipinski definition) is 0. The van der Waals surface area contributed by atoms with E-state index in [0.29, 0.717) is 6.42 Å². The standard InChI is InChI=1S/C9H15NO2S/c1-3-8(9(11)12-2)13-7-5-4-6-10/h8H,3-5,7H2,1-2H3. The zero-order chi connectivity index (χ0) is 10.1. The van der Waals surface area contributed by atoms with Crippen molar-refractivity contribution < 1.29 is 9.53 Å². The highest BCUT2D eigenvalue weighted by atomic mass is 32.2. The summed E-state index contributed by atoms with van der Waals surface area (Å²) in [6, 6.07) is 2.07. The molecule has 13 heavy (non-hydrogen) atoms. The molecule has 0 fully saturated rings. The van der Waals surface area contributed by atoms with Crippen LogP contribution in [0.15, 0.2) is 0 Å². The van der Waals surface area contributed by atoms with Gasteiger partial charge in [-0.2, -0.15) is 5.26 Å². The van der Waals surface area contributed by atoms with Crippen molar-refractivity contribution in [2.24, 2.45) is 0 Å². The molecular formula is C9H15NO2S. The van der Waals surface area contributed by atoms with E-state index >= 15 is 0 Å². The molecule has 0 radical (unpaired) electrons. The van der Waals surface area contributed by atoms with Crippen molar-refractivity contribution in [3.05, 3.63) is 0 Å².